The van der Waals surface area contributed by atoms with Crippen LogP contribution < -0.4 is 0 Å². The number of ether oxygens (including phenoxy) is 1. The first-order valence-electron chi connectivity index (χ1n) is 11.6. The molecule has 1 aliphatic heterocycles. The van der Waals surface area contributed by atoms with Crippen molar-refractivity contribution in [1.29, 1.82) is 0 Å². The molecule has 1 saturated heterocycles. The molecule has 0 saturated carbocycles. The monoisotopic (exact) mass is 543 g/mol. The minimum absolute atomic E-state index is 0.0283. The lowest BCUT2D eigenvalue weighted by Crippen LogP contribution is -2.54. The largest absolute Gasteiger partial charge is 0.358 e. The second-order valence-corrected chi connectivity index (χ2v) is 10.2. The fourth-order valence-corrected chi connectivity index (χ4v) is 5.08. The van der Waals surface area contributed by atoms with Crippen LogP contribution in [0.4, 0.5) is 4.39 Å². The van der Waals surface area contributed by atoms with Gasteiger partial charge in [-0.2, -0.15) is 0 Å². The van der Waals surface area contributed by atoms with Crippen LogP contribution in [0.5, 0.6) is 0 Å². The molecular weight excluding hydrogens is 517 g/mol. The average molecular weight is 545 g/mol. The van der Waals surface area contributed by atoms with Gasteiger partial charge in [0.25, 0.3) is 5.91 Å². The normalized spacial score (nSPS) is 21.5. The summed E-state index contributed by atoms with van der Waals surface area (Å²) >= 11 is 9.69. The summed E-state index contributed by atoms with van der Waals surface area (Å²) in [5, 5.41) is 0.648. The van der Waals surface area contributed by atoms with E-state index in [0.717, 1.165) is 34.0 Å². The Labute approximate surface area is 214 Å². The third-order valence-electron chi connectivity index (χ3n) is 6.35. The van der Waals surface area contributed by atoms with E-state index in [1.165, 1.54) is 12.1 Å². The van der Waals surface area contributed by atoms with Gasteiger partial charge in [-0.25, -0.2) is 4.39 Å². The van der Waals surface area contributed by atoms with Crippen LogP contribution in [0, 0.1) is 5.82 Å². The van der Waals surface area contributed by atoms with Gasteiger partial charge in [-0.3, -0.25) is 4.79 Å². The van der Waals surface area contributed by atoms with E-state index in [1.54, 1.807) is 12.1 Å². The smallest absolute Gasteiger partial charge is 0.252 e. The predicted molar refractivity (Wildman–Crippen MR) is 137 cm³/mol. The Morgan fingerprint density at radius 2 is 1.62 bits per heavy atom. The molecule has 3 nitrogen and oxygen atoms in total. The molecule has 4 atom stereocenters. The zero-order valence-electron chi connectivity index (χ0n) is 19.3. The number of carbonyl (C=O) groups excluding carboxylic acids is 1. The average Bonchev–Trinajstić information content (AvgIpc) is 2.83. The van der Waals surface area contributed by atoms with Crippen molar-refractivity contribution in [3.63, 3.8) is 0 Å². The second-order valence-electron chi connectivity index (χ2n) is 8.81. The van der Waals surface area contributed by atoms with Gasteiger partial charge in [0.2, 0.25) is 0 Å². The molecule has 4 rings (SSSR count). The van der Waals surface area contributed by atoms with Crippen LogP contribution in [0.1, 0.15) is 55.5 Å². The third kappa shape index (κ3) is 5.54. The summed E-state index contributed by atoms with van der Waals surface area (Å²) < 4.78 is 21.0. The molecule has 1 amide bonds. The van der Waals surface area contributed by atoms with Crippen LogP contribution in [0.3, 0.4) is 0 Å². The minimum Gasteiger partial charge on any atom is -0.358 e. The zero-order valence-corrected chi connectivity index (χ0v) is 21.6. The van der Waals surface area contributed by atoms with E-state index < -0.39 is 6.10 Å². The van der Waals surface area contributed by atoms with Crippen molar-refractivity contribution in [3.8, 4) is 0 Å². The predicted octanol–water partition coefficient (Wildman–Crippen LogP) is 7.68. The van der Waals surface area contributed by atoms with E-state index in [0.29, 0.717) is 11.4 Å². The van der Waals surface area contributed by atoms with Crippen molar-refractivity contribution in [3.05, 3.63) is 105 Å². The lowest BCUT2D eigenvalue weighted by molar-refractivity contribution is -0.178. The van der Waals surface area contributed by atoms with Gasteiger partial charge in [0.1, 0.15) is 18.0 Å². The Hall–Kier alpha value is -2.21. The number of halogens is 3. The lowest BCUT2D eigenvalue weighted by atomic mass is 9.89. The standard InChI is InChI=1S/C28H28BrClFNO2/c1-3-4-18(2)32-26(20-7-11-22(29)12-8-20)27(21-9-13-23(30)14-10-21)34-25(28(32)33)17-19-5-15-24(31)16-6-19/h5-16,18,25-27H,3-4,17H2,1-2H3/t18-,25+,26-,27+/m0/s1. The maximum absolute atomic E-state index is 13.9. The first-order chi connectivity index (χ1) is 16.4. The van der Waals surface area contributed by atoms with Crippen molar-refractivity contribution < 1.29 is 13.9 Å². The van der Waals surface area contributed by atoms with E-state index in [4.69, 9.17) is 16.3 Å². The number of hydrogen-bond acceptors (Lipinski definition) is 2. The molecular formula is C28H28BrClFNO2. The molecule has 0 N–H and O–H groups in total. The molecule has 0 unspecified atom stereocenters. The summed E-state index contributed by atoms with van der Waals surface area (Å²) in [4.78, 5) is 15.9. The second kappa shape index (κ2) is 11.0. The maximum Gasteiger partial charge on any atom is 0.252 e. The van der Waals surface area contributed by atoms with E-state index in [1.807, 2.05) is 53.4 Å². The van der Waals surface area contributed by atoms with Gasteiger partial charge in [-0.15, -0.1) is 0 Å². The first kappa shape index (κ1) is 24.9. The number of nitrogens with zero attached hydrogens (tertiary/aromatic N) is 1. The van der Waals surface area contributed by atoms with Crippen molar-refractivity contribution >= 4 is 33.4 Å². The lowest BCUT2D eigenvalue weighted by Gasteiger charge is -2.47. The number of rotatable bonds is 7. The summed E-state index contributed by atoms with van der Waals surface area (Å²) in [6.07, 6.45) is 1.19. The molecule has 1 fully saturated rings. The van der Waals surface area contributed by atoms with E-state index in [2.05, 4.69) is 29.8 Å². The zero-order chi connectivity index (χ0) is 24.2. The molecule has 0 spiro atoms. The molecule has 3 aromatic rings. The number of morpholine rings is 1. The van der Waals surface area contributed by atoms with Crippen LogP contribution in [-0.4, -0.2) is 23.0 Å². The Kier molecular flexibility index (Phi) is 8.07. The fraction of sp³-hybridized carbons (Fsp3) is 0.321. The van der Waals surface area contributed by atoms with Gasteiger partial charge < -0.3 is 9.64 Å². The van der Waals surface area contributed by atoms with Gasteiger partial charge >= 0.3 is 0 Å². The molecule has 0 aliphatic carbocycles. The van der Waals surface area contributed by atoms with Crippen LogP contribution in [0.25, 0.3) is 0 Å². The van der Waals surface area contributed by atoms with Crippen LogP contribution in [0.15, 0.2) is 77.3 Å². The Bertz CT molecular complexity index is 1100. The summed E-state index contributed by atoms with van der Waals surface area (Å²) in [5.41, 5.74) is 2.84. The Morgan fingerprint density at radius 1 is 1.00 bits per heavy atom. The molecule has 0 aromatic heterocycles. The first-order valence-corrected chi connectivity index (χ1v) is 12.8. The molecule has 0 bridgehead atoms. The molecule has 34 heavy (non-hydrogen) atoms. The highest BCUT2D eigenvalue weighted by Crippen LogP contribution is 2.44. The summed E-state index contributed by atoms with van der Waals surface area (Å²) in [6, 6.07) is 21.7. The molecule has 1 heterocycles. The van der Waals surface area contributed by atoms with Crippen LogP contribution >= 0.6 is 27.5 Å². The van der Waals surface area contributed by atoms with Crippen LogP contribution in [-0.2, 0) is 16.0 Å². The number of carbonyl (C=O) groups is 1. The highest BCUT2D eigenvalue weighted by Gasteiger charge is 2.45. The Balaban J connectivity index is 1.78. The van der Waals surface area contributed by atoms with E-state index >= 15 is 0 Å². The van der Waals surface area contributed by atoms with Crippen molar-refractivity contribution in [1.82, 2.24) is 4.90 Å². The number of hydrogen-bond donors (Lipinski definition) is 0. The van der Waals surface area contributed by atoms with Gasteiger partial charge in [0, 0.05) is 22.0 Å². The molecule has 6 heteroatoms. The SMILES string of the molecule is CCC[C@H](C)N1C(=O)[C@@H](Cc2ccc(F)cc2)O[C@H](c2ccc(Cl)cc2)[C@@H]1c1ccc(Br)cc1. The molecule has 0 radical (unpaired) electrons. The van der Waals surface area contributed by atoms with Gasteiger partial charge in [0.15, 0.2) is 0 Å². The van der Waals surface area contributed by atoms with Gasteiger partial charge in [0.05, 0.1) is 6.04 Å². The molecule has 3 aromatic carbocycles. The van der Waals surface area contributed by atoms with Gasteiger partial charge in [-0.05, 0) is 66.4 Å². The van der Waals surface area contributed by atoms with Crippen molar-refractivity contribution in [2.75, 3.05) is 0 Å². The Morgan fingerprint density at radius 3 is 2.24 bits per heavy atom. The summed E-state index contributed by atoms with van der Waals surface area (Å²) in [5.74, 6) is -0.337. The number of amides is 1. The van der Waals surface area contributed by atoms with E-state index in [9.17, 15) is 9.18 Å². The van der Waals surface area contributed by atoms with Crippen molar-refractivity contribution in [2.45, 2.75) is 57.4 Å². The maximum atomic E-state index is 13.9. The topological polar surface area (TPSA) is 29.5 Å². The highest BCUT2D eigenvalue weighted by molar-refractivity contribution is 9.10. The summed E-state index contributed by atoms with van der Waals surface area (Å²) in [7, 11) is 0. The van der Waals surface area contributed by atoms with Crippen LogP contribution in [0.2, 0.25) is 5.02 Å². The third-order valence-corrected chi connectivity index (χ3v) is 7.13. The quantitative estimate of drug-likeness (QED) is 0.305. The molecule has 178 valence electrons. The minimum atomic E-state index is -0.669. The van der Waals surface area contributed by atoms with E-state index in [-0.39, 0.29) is 29.9 Å². The molecule has 1 aliphatic rings. The number of benzene rings is 3. The van der Waals surface area contributed by atoms with Gasteiger partial charge in [-0.1, -0.05) is 77.3 Å². The summed E-state index contributed by atoms with van der Waals surface area (Å²) in [6.45, 7) is 4.23. The highest BCUT2D eigenvalue weighted by atomic mass is 79.9. The fourth-order valence-electron chi connectivity index (χ4n) is 4.69. The van der Waals surface area contributed by atoms with Crippen molar-refractivity contribution in [2.24, 2.45) is 0 Å².